The molecule has 4 nitrogen and oxygen atoms in total. The van der Waals surface area contributed by atoms with E-state index in [1.165, 1.54) is 24.3 Å². The second kappa shape index (κ2) is 7.50. The number of amides is 1. The van der Waals surface area contributed by atoms with E-state index in [-0.39, 0.29) is 37.5 Å². The zero-order valence-electron chi connectivity index (χ0n) is 11.9. The summed E-state index contributed by atoms with van der Waals surface area (Å²) < 4.78 is 39.4. The van der Waals surface area contributed by atoms with Crippen LogP contribution in [0.1, 0.15) is 12.0 Å². The zero-order chi connectivity index (χ0) is 16.3. The number of carboxylic acids is 1. The maximum Gasteiger partial charge on any atom is 0.417 e. The molecular formula is C15H15ClF3NO3. The van der Waals surface area contributed by atoms with E-state index in [2.05, 4.69) is 0 Å². The van der Waals surface area contributed by atoms with Crippen LogP contribution in [0.5, 0.6) is 0 Å². The van der Waals surface area contributed by atoms with Gasteiger partial charge >= 0.3 is 12.1 Å². The Balaban J connectivity index is 0.00000264. The fourth-order valence-electron chi connectivity index (χ4n) is 2.32. The molecule has 2 rings (SSSR count). The topological polar surface area (TPSA) is 57.6 Å². The van der Waals surface area contributed by atoms with Crippen LogP contribution < -0.4 is 0 Å². The van der Waals surface area contributed by atoms with E-state index >= 15 is 0 Å². The van der Waals surface area contributed by atoms with Crippen LogP contribution >= 0.6 is 12.4 Å². The average molecular weight is 350 g/mol. The number of benzene rings is 1. The van der Waals surface area contributed by atoms with Crippen LogP contribution in [0.4, 0.5) is 13.2 Å². The van der Waals surface area contributed by atoms with Crippen LogP contribution in [0, 0.1) is 5.92 Å². The van der Waals surface area contributed by atoms with Crippen molar-refractivity contribution in [2.24, 2.45) is 5.92 Å². The number of likely N-dealkylation sites (tertiary alicyclic amines) is 1. The lowest BCUT2D eigenvalue weighted by atomic mass is 10.0. The number of carbonyl (C=O) groups is 2. The van der Waals surface area contributed by atoms with E-state index in [9.17, 15) is 22.8 Å². The van der Waals surface area contributed by atoms with Crippen molar-refractivity contribution in [1.82, 2.24) is 4.90 Å². The summed E-state index contributed by atoms with van der Waals surface area (Å²) in [7, 11) is 0. The molecule has 1 aliphatic heterocycles. The summed E-state index contributed by atoms with van der Waals surface area (Å²) in [5, 5.41) is 8.87. The van der Waals surface area contributed by atoms with Crippen LogP contribution in [0.15, 0.2) is 36.4 Å². The molecule has 0 bridgehead atoms. The first-order valence-electron chi connectivity index (χ1n) is 6.65. The molecule has 8 heteroatoms. The molecule has 1 N–H and O–H groups in total. The normalized spacial score (nSPS) is 18.5. The number of nitrogens with zero attached hydrogens (tertiary/aromatic N) is 1. The van der Waals surface area contributed by atoms with Crippen molar-refractivity contribution in [3.63, 3.8) is 0 Å². The number of carbonyl (C=O) groups excluding carboxylic acids is 1. The molecule has 23 heavy (non-hydrogen) atoms. The van der Waals surface area contributed by atoms with Crippen molar-refractivity contribution < 1.29 is 27.9 Å². The van der Waals surface area contributed by atoms with Gasteiger partial charge in [-0.15, -0.1) is 12.4 Å². The number of rotatable bonds is 3. The Morgan fingerprint density at radius 3 is 2.30 bits per heavy atom. The minimum Gasteiger partial charge on any atom is -0.481 e. The van der Waals surface area contributed by atoms with Gasteiger partial charge in [0.2, 0.25) is 5.91 Å². The molecule has 1 atom stereocenters. The minimum atomic E-state index is -4.66. The summed E-state index contributed by atoms with van der Waals surface area (Å²) in [4.78, 5) is 24.0. The molecule has 0 saturated carbocycles. The lowest BCUT2D eigenvalue weighted by Crippen LogP contribution is -2.29. The second-order valence-electron chi connectivity index (χ2n) is 5.03. The van der Waals surface area contributed by atoms with E-state index in [1.54, 1.807) is 6.07 Å². The van der Waals surface area contributed by atoms with E-state index in [1.807, 2.05) is 0 Å². The summed E-state index contributed by atoms with van der Waals surface area (Å²) in [6, 6.07) is 7.04. The van der Waals surface area contributed by atoms with Crippen molar-refractivity contribution in [3.05, 3.63) is 42.0 Å². The molecule has 0 radical (unpaired) electrons. The maximum absolute atomic E-state index is 13.1. The second-order valence-corrected chi connectivity index (χ2v) is 5.03. The molecule has 126 valence electrons. The molecule has 1 amide bonds. The van der Waals surface area contributed by atoms with Crippen LogP contribution in [0.25, 0.3) is 5.57 Å². The molecule has 1 unspecified atom stereocenters. The third-order valence-electron chi connectivity index (χ3n) is 3.51. The van der Waals surface area contributed by atoms with Crippen molar-refractivity contribution in [1.29, 1.82) is 0 Å². The number of aliphatic carboxylic acids is 1. The number of allylic oxidation sites excluding steroid dienone is 1. The highest BCUT2D eigenvalue weighted by Crippen LogP contribution is 2.34. The summed E-state index contributed by atoms with van der Waals surface area (Å²) in [6.07, 6.45) is -3.87. The number of carboxylic acid groups (broad SMARTS) is 1. The Kier molecular flexibility index (Phi) is 6.20. The lowest BCUT2D eigenvalue weighted by molar-refractivity contribution is -0.141. The fraction of sp³-hybridized carbons (Fsp3) is 0.333. The Morgan fingerprint density at radius 2 is 1.83 bits per heavy atom. The Hall–Kier alpha value is -2.02. The predicted octanol–water partition coefficient (Wildman–Crippen LogP) is 2.99. The van der Waals surface area contributed by atoms with Crippen LogP contribution in [0.3, 0.4) is 0 Å². The third kappa shape index (κ3) is 4.72. The SMILES string of the molecule is Cl.O=C(O)C1CCN(C(=O)/C=C(/c2ccccc2)C(F)(F)F)C1. The molecule has 0 spiro atoms. The predicted molar refractivity (Wildman–Crippen MR) is 80.0 cm³/mol. The Labute approximate surface area is 137 Å². The molecule has 1 aromatic carbocycles. The first-order chi connectivity index (χ1) is 10.3. The molecular weight excluding hydrogens is 335 g/mol. The Morgan fingerprint density at radius 1 is 1.22 bits per heavy atom. The van der Waals surface area contributed by atoms with Gasteiger partial charge in [0.1, 0.15) is 0 Å². The first-order valence-corrected chi connectivity index (χ1v) is 6.65. The van der Waals surface area contributed by atoms with Crippen molar-refractivity contribution in [2.75, 3.05) is 13.1 Å². The van der Waals surface area contributed by atoms with Gasteiger partial charge < -0.3 is 10.0 Å². The number of hydrogen-bond acceptors (Lipinski definition) is 2. The fourth-order valence-corrected chi connectivity index (χ4v) is 2.32. The smallest absolute Gasteiger partial charge is 0.417 e. The van der Waals surface area contributed by atoms with Gasteiger partial charge in [0, 0.05) is 19.2 Å². The summed E-state index contributed by atoms with van der Waals surface area (Å²) in [5.74, 6) is -2.58. The monoisotopic (exact) mass is 349 g/mol. The van der Waals surface area contributed by atoms with E-state index in [0.717, 1.165) is 4.90 Å². The van der Waals surface area contributed by atoms with E-state index in [0.29, 0.717) is 6.08 Å². The summed E-state index contributed by atoms with van der Waals surface area (Å²) in [5.41, 5.74) is -1.13. The number of alkyl halides is 3. The average Bonchev–Trinajstić information content (AvgIpc) is 2.94. The molecule has 0 aromatic heterocycles. The van der Waals surface area contributed by atoms with Gasteiger partial charge in [-0.05, 0) is 12.0 Å². The number of halogens is 4. The van der Waals surface area contributed by atoms with Gasteiger partial charge in [-0.3, -0.25) is 9.59 Å². The molecule has 1 fully saturated rings. The van der Waals surface area contributed by atoms with E-state index in [4.69, 9.17) is 5.11 Å². The maximum atomic E-state index is 13.1. The molecule has 1 heterocycles. The van der Waals surface area contributed by atoms with Gasteiger partial charge in [0.15, 0.2) is 0 Å². The lowest BCUT2D eigenvalue weighted by Gasteiger charge is -2.16. The van der Waals surface area contributed by atoms with Crippen molar-refractivity contribution in [3.8, 4) is 0 Å². The highest BCUT2D eigenvalue weighted by molar-refractivity contribution is 5.96. The van der Waals surface area contributed by atoms with Gasteiger partial charge in [-0.25, -0.2) is 0 Å². The standard InChI is InChI=1S/C15H14F3NO3.ClH/c16-15(17,18)12(10-4-2-1-3-5-10)8-13(20)19-7-6-11(9-19)14(21)22;/h1-5,8,11H,6-7,9H2,(H,21,22);1H/b12-8-;. The van der Waals surface area contributed by atoms with Crippen LogP contribution in [-0.2, 0) is 9.59 Å². The molecule has 1 saturated heterocycles. The van der Waals surface area contributed by atoms with Gasteiger partial charge in [-0.2, -0.15) is 13.2 Å². The van der Waals surface area contributed by atoms with Gasteiger partial charge in [-0.1, -0.05) is 30.3 Å². The third-order valence-corrected chi connectivity index (χ3v) is 3.51. The van der Waals surface area contributed by atoms with Crippen LogP contribution in [-0.4, -0.2) is 41.1 Å². The van der Waals surface area contributed by atoms with E-state index < -0.39 is 29.5 Å². The van der Waals surface area contributed by atoms with Gasteiger partial charge in [0.05, 0.1) is 11.5 Å². The summed E-state index contributed by atoms with van der Waals surface area (Å²) >= 11 is 0. The Bertz CT molecular complexity index is 602. The minimum absolute atomic E-state index is 0. The highest BCUT2D eigenvalue weighted by Gasteiger charge is 2.37. The molecule has 1 aliphatic rings. The molecule has 0 aliphatic carbocycles. The van der Waals surface area contributed by atoms with Crippen molar-refractivity contribution >= 4 is 29.9 Å². The largest absolute Gasteiger partial charge is 0.481 e. The van der Waals surface area contributed by atoms with Gasteiger partial charge in [0.25, 0.3) is 0 Å². The quantitative estimate of drug-likeness (QED) is 0.853. The number of hydrogen-bond donors (Lipinski definition) is 1. The first kappa shape index (κ1) is 19.0. The molecule has 1 aromatic rings. The zero-order valence-corrected chi connectivity index (χ0v) is 12.7. The summed E-state index contributed by atoms with van der Waals surface area (Å²) in [6.45, 7) is 0.0802. The van der Waals surface area contributed by atoms with Crippen molar-refractivity contribution in [2.45, 2.75) is 12.6 Å². The highest BCUT2D eigenvalue weighted by atomic mass is 35.5. The van der Waals surface area contributed by atoms with Crippen LogP contribution in [0.2, 0.25) is 0 Å².